The fraction of sp³-hybridized carbons (Fsp3) is 0.545. The van der Waals surface area contributed by atoms with Crippen LogP contribution in [0.15, 0.2) is 17.1 Å². The van der Waals surface area contributed by atoms with Crippen LogP contribution in [0.4, 0.5) is 5.69 Å². The molecule has 1 N–H and O–H groups in total. The summed E-state index contributed by atoms with van der Waals surface area (Å²) in [4.78, 5) is 26.5. The number of carboxylic acid groups (broad SMARTS) is 1. The van der Waals surface area contributed by atoms with Crippen molar-refractivity contribution in [3.8, 4) is 0 Å². The first kappa shape index (κ1) is 12.6. The molecule has 0 bridgehead atoms. The van der Waals surface area contributed by atoms with Gasteiger partial charge in [0.15, 0.2) is 0 Å². The van der Waals surface area contributed by atoms with E-state index in [9.17, 15) is 9.59 Å². The highest BCUT2D eigenvalue weighted by atomic mass is 16.4. The van der Waals surface area contributed by atoms with E-state index in [1.807, 2.05) is 0 Å². The number of aromatic nitrogens is 2. The molecular formula is C11H16N4O3. The smallest absolute Gasteiger partial charge is 0.325 e. The van der Waals surface area contributed by atoms with Gasteiger partial charge in [-0.15, -0.1) is 0 Å². The SMILES string of the molecule is CN1CCN(c2cnn(CC(=O)O)c(=O)c2)CC1. The van der Waals surface area contributed by atoms with Crippen molar-refractivity contribution < 1.29 is 9.90 Å². The molecule has 1 fully saturated rings. The van der Waals surface area contributed by atoms with Gasteiger partial charge in [0.1, 0.15) is 6.54 Å². The first-order valence-electron chi connectivity index (χ1n) is 5.79. The number of likely N-dealkylation sites (N-methyl/N-ethyl adjacent to an activating group) is 1. The molecule has 1 aromatic rings. The van der Waals surface area contributed by atoms with E-state index in [1.165, 1.54) is 6.07 Å². The molecule has 1 saturated heterocycles. The van der Waals surface area contributed by atoms with E-state index in [0.29, 0.717) is 0 Å². The third-order valence-electron chi connectivity index (χ3n) is 3.01. The van der Waals surface area contributed by atoms with E-state index in [2.05, 4.69) is 21.9 Å². The van der Waals surface area contributed by atoms with Gasteiger partial charge in [-0.2, -0.15) is 5.10 Å². The minimum absolute atomic E-state index is 0.381. The van der Waals surface area contributed by atoms with Crippen molar-refractivity contribution in [3.05, 3.63) is 22.6 Å². The van der Waals surface area contributed by atoms with Crippen LogP contribution in [0.2, 0.25) is 0 Å². The lowest BCUT2D eigenvalue weighted by Crippen LogP contribution is -2.45. The molecule has 0 atom stereocenters. The Balaban J connectivity index is 2.13. The Labute approximate surface area is 104 Å². The molecule has 2 heterocycles. The molecule has 98 valence electrons. The summed E-state index contributed by atoms with van der Waals surface area (Å²) in [6.45, 7) is 3.18. The Hall–Kier alpha value is -1.89. The Kier molecular flexibility index (Phi) is 3.61. The highest BCUT2D eigenvalue weighted by molar-refractivity contribution is 5.66. The molecule has 0 saturated carbocycles. The number of nitrogens with zero attached hydrogens (tertiary/aromatic N) is 4. The number of anilines is 1. The molecule has 0 unspecified atom stereocenters. The van der Waals surface area contributed by atoms with Crippen molar-refractivity contribution >= 4 is 11.7 Å². The zero-order valence-electron chi connectivity index (χ0n) is 10.2. The predicted octanol–water partition coefficient (Wildman–Crippen LogP) is -0.920. The minimum atomic E-state index is -1.07. The molecule has 7 heteroatoms. The summed E-state index contributed by atoms with van der Waals surface area (Å²) in [6, 6.07) is 1.45. The molecule has 0 radical (unpaired) electrons. The lowest BCUT2D eigenvalue weighted by atomic mass is 10.3. The van der Waals surface area contributed by atoms with Crippen molar-refractivity contribution in [1.29, 1.82) is 0 Å². The zero-order valence-corrected chi connectivity index (χ0v) is 10.2. The quantitative estimate of drug-likeness (QED) is 0.749. The summed E-state index contributed by atoms with van der Waals surface area (Å²) < 4.78 is 0.946. The van der Waals surface area contributed by atoms with Gasteiger partial charge in [-0.25, -0.2) is 4.68 Å². The second kappa shape index (κ2) is 5.18. The molecule has 18 heavy (non-hydrogen) atoms. The number of aliphatic carboxylic acids is 1. The Morgan fingerprint density at radius 1 is 1.39 bits per heavy atom. The van der Waals surface area contributed by atoms with Crippen LogP contribution in [0.1, 0.15) is 0 Å². The van der Waals surface area contributed by atoms with E-state index in [1.54, 1.807) is 6.20 Å². The second-order valence-electron chi connectivity index (χ2n) is 4.39. The van der Waals surface area contributed by atoms with Crippen LogP contribution >= 0.6 is 0 Å². The maximum Gasteiger partial charge on any atom is 0.325 e. The minimum Gasteiger partial charge on any atom is -0.480 e. The van der Waals surface area contributed by atoms with Crippen LogP contribution < -0.4 is 10.5 Å². The largest absolute Gasteiger partial charge is 0.480 e. The summed E-state index contributed by atoms with van der Waals surface area (Å²) >= 11 is 0. The van der Waals surface area contributed by atoms with Crippen LogP contribution in [0.5, 0.6) is 0 Å². The number of hydrogen-bond acceptors (Lipinski definition) is 5. The van der Waals surface area contributed by atoms with Gasteiger partial charge < -0.3 is 14.9 Å². The first-order chi connectivity index (χ1) is 8.56. The first-order valence-corrected chi connectivity index (χ1v) is 5.79. The van der Waals surface area contributed by atoms with Gasteiger partial charge >= 0.3 is 5.97 Å². The second-order valence-corrected chi connectivity index (χ2v) is 4.39. The third kappa shape index (κ3) is 2.86. The molecule has 1 aliphatic heterocycles. The van der Waals surface area contributed by atoms with E-state index in [-0.39, 0.29) is 5.56 Å². The van der Waals surface area contributed by atoms with Crippen molar-refractivity contribution in [2.24, 2.45) is 0 Å². The maximum absolute atomic E-state index is 11.7. The molecule has 7 nitrogen and oxygen atoms in total. The van der Waals surface area contributed by atoms with Crippen LogP contribution in [-0.2, 0) is 11.3 Å². The van der Waals surface area contributed by atoms with Crippen LogP contribution in [-0.4, -0.2) is 59.0 Å². The number of rotatable bonds is 3. The molecule has 0 aromatic carbocycles. The topological polar surface area (TPSA) is 78.7 Å². The van der Waals surface area contributed by atoms with E-state index in [4.69, 9.17) is 5.11 Å². The number of carbonyl (C=O) groups is 1. The maximum atomic E-state index is 11.7. The normalized spacial score (nSPS) is 16.8. The van der Waals surface area contributed by atoms with Gasteiger partial charge in [-0.1, -0.05) is 0 Å². The molecular weight excluding hydrogens is 236 g/mol. The van der Waals surface area contributed by atoms with Crippen LogP contribution in [0.3, 0.4) is 0 Å². The molecule has 1 aromatic heterocycles. The van der Waals surface area contributed by atoms with Crippen molar-refractivity contribution in [2.75, 3.05) is 38.1 Å². The molecule has 2 rings (SSSR count). The van der Waals surface area contributed by atoms with Crippen LogP contribution in [0, 0.1) is 0 Å². The fourth-order valence-corrected chi connectivity index (χ4v) is 1.91. The average Bonchev–Trinajstić information content (AvgIpc) is 2.32. The monoisotopic (exact) mass is 252 g/mol. The van der Waals surface area contributed by atoms with Crippen LogP contribution in [0.25, 0.3) is 0 Å². The van der Waals surface area contributed by atoms with Gasteiger partial charge in [-0.3, -0.25) is 9.59 Å². The number of hydrogen-bond donors (Lipinski definition) is 1. The molecule has 0 spiro atoms. The highest BCUT2D eigenvalue weighted by Gasteiger charge is 2.15. The Morgan fingerprint density at radius 3 is 2.61 bits per heavy atom. The van der Waals surface area contributed by atoms with Gasteiger partial charge in [0, 0.05) is 32.2 Å². The summed E-state index contributed by atoms with van der Waals surface area (Å²) in [5.74, 6) is -1.07. The summed E-state index contributed by atoms with van der Waals surface area (Å²) in [7, 11) is 2.06. The summed E-state index contributed by atoms with van der Waals surface area (Å²) in [5.41, 5.74) is 0.378. The molecule has 0 amide bonds. The molecule has 0 aliphatic carbocycles. The lowest BCUT2D eigenvalue weighted by molar-refractivity contribution is -0.138. The molecule has 1 aliphatic rings. The van der Waals surface area contributed by atoms with E-state index >= 15 is 0 Å². The average molecular weight is 252 g/mol. The van der Waals surface area contributed by atoms with E-state index < -0.39 is 12.5 Å². The van der Waals surface area contributed by atoms with Gasteiger partial charge in [0.05, 0.1) is 11.9 Å². The van der Waals surface area contributed by atoms with Crippen molar-refractivity contribution in [2.45, 2.75) is 6.54 Å². The van der Waals surface area contributed by atoms with Gasteiger partial charge in [0.25, 0.3) is 5.56 Å². The summed E-state index contributed by atoms with van der Waals surface area (Å²) in [6.07, 6.45) is 1.55. The van der Waals surface area contributed by atoms with Crippen molar-refractivity contribution in [3.63, 3.8) is 0 Å². The van der Waals surface area contributed by atoms with Gasteiger partial charge in [0.2, 0.25) is 0 Å². The third-order valence-corrected chi connectivity index (χ3v) is 3.01. The lowest BCUT2D eigenvalue weighted by Gasteiger charge is -2.33. The zero-order chi connectivity index (χ0) is 13.1. The van der Waals surface area contributed by atoms with E-state index in [0.717, 1.165) is 36.5 Å². The predicted molar refractivity (Wildman–Crippen MR) is 65.8 cm³/mol. The number of piperazine rings is 1. The summed E-state index contributed by atoms with van der Waals surface area (Å²) in [5, 5.41) is 12.5. The standard InChI is InChI=1S/C11H16N4O3/c1-13-2-4-14(5-3-13)9-6-10(16)15(12-7-9)8-11(17)18/h6-7H,2-5,8H2,1H3,(H,17,18). The highest BCUT2D eigenvalue weighted by Crippen LogP contribution is 2.11. The Bertz CT molecular complexity index is 491. The number of carboxylic acids is 1. The van der Waals surface area contributed by atoms with Gasteiger partial charge in [-0.05, 0) is 7.05 Å². The van der Waals surface area contributed by atoms with Crippen molar-refractivity contribution in [1.82, 2.24) is 14.7 Å². The fourth-order valence-electron chi connectivity index (χ4n) is 1.91. The Morgan fingerprint density at radius 2 is 2.06 bits per heavy atom.